The maximum atomic E-state index is 13.8. The number of amides is 2. The van der Waals surface area contributed by atoms with E-state index in [4.69, 9.17) is 9.47 Å². The van der Waals surface area contributed by atoms with Gasteiger partial charge >= 0.3 is 6.03 Å². The molecule has 3 N–H and O–H groups in total. The number of aliphatic hydroxyl groups is 1. The number of methoxy groups -OCH3 is 2. The normalized spacial score (nSPS) is 12.8. The van der Waals surface area contributed by atoms with Gasteiger partial charge in [0.05, 0.1) is 20.3 Å². The smallest absolute Gasteiger partial charge is 0.315 e. The minimum absolute atomic E-state index is 0.103. The Labute approximate surface area is 156 Å². The van der Waals surface area contributed by atoms with Gasteiger partial charge < -0.3 is 25.2 Å². The lowest BCUT2D eigenvalue weighted by Gasteiger charge is -2.19. The van der Waals surface area contributed by atoms with Crippen LogP contribution in [0, 0.1) is 11.6 Å². The SMILES string of the molecule is COc1ccc(OC)c(C(O)CNC(=O)NC(C)c2ccc(F)cc2F)c1. The molecule has 0 aromatic heterocycles. The van der Waals surface area contributed by atoms with Gasteiger partial charge in [0, 0.05) is 23.7 Å². The van der Waals surface area contributed by atoms with Gasteiger partial charge in [0.25, 0.3) is 0 Å². The highest BCUT2D eigenvalue weighted by Crippen LogP contribution is 2.29. The van der Waals surface area contributed by atoms with Crippen molar-refractivity contribution in [2.24, 2.45) is 0 Å². The van der Waals surface area contributed by atoms with Crippen LogP contribution in [0.3, 0.4) is 0 Å². The topological polar surface area (TPSA) is 79.8 Å². The zero-order chi connectivity index (χ0) is 20.0. The first-order valence-corrected chi connectivity index (χ1v) is 8.25. The van der Waals surface area contributed by atoms with Crippen molar-refractivity contribution in [1.29, 1.82) is 0 Å². The first-order valence-electron chi connectivity index (χ1n) is 8.25. The zero-order valence-corrected chi connectivity index (χ0v) is 15.3. The molecule has 8 heteroatoms. The first-order chi connectivity index (χ1) is 12.8. The Bertz CT molecular complexity index is 801. The summed E-state index contributed by atoms with van der Waals surface area (Å²) >= 11 is 0. The third kappa shape index (κ3) is 5.30. The molecule has 2 atom stereocenters. The molecule has 2 aromatic carbocycles. The van der Waals surface area contributed by atoms with Crippen molar-refractivity contribution in [3.63, 3.8) is 0 Å². The lowest BCUT2D eigenvalue weighted by molar-refractivity contribution is 0.168. The van der Waals surface area contributed by atoms with Crippen LogP contribution in [0.25, 0.3) is 0 Å². The second kappa shape index (κ2) is 9.18. The van der Waals surface area contributed by atoms with Crippen molar-refractivity contribution in [2.45, 2.75) is 19.1 Å². The second-order valence-electron chi connectivity index (χ2n) is 5.87. The molecule has 0 saturated heterocycles. The van der Waals surface area contributed by atoms with Crippen LogP contribution >= 0.6 is 0 Å². The van der Waals surface area contributed by atoms with Crippen LogP contribution in [0.5, 0.6) is 11.5 Å². The predicted octanol–water partition coefficient (Wildman–Crippen LogP) is 3.08. The Morgan fingerprint density at radius 1 is 1.11 bits per heavy atom. The number of aliphatic hydroxyl groups excluding tert-OH is 1. The molecular weight excluding hydrogens is 358 g/mol. The average Bonchev–Trinajstić information content (AvgIpc) is 2.65. The molecule has 0 fully saturated rings. The number of hydrogen-bond acceptors (Lipinski definition) is 4. The number of carbonyl (C=O) groups excluding carboxylic acids is 1. The van der Waals surface area contributed by atoms with Crippen LogP contribution in [-0.2, 0) is 0 Å². The number of urea groups is 1. The minimum atomic E-state index is -1.04. The van der Waals surface area contributed by atoms with E-state index in [9.17, 15) is 18.7 Å². The lowest BCUT2D eigenvalue weighted by atomic mass is 10.1. The van der Waals surface area contributed by atoms with Gasteiger partial charge in [-0.1, -0.05) is 6.07 Å². The summed E-state index contributed by atoms with van der Waals surface area (Å²) in [5.41, 5.74) is 0.608. The summed E-state index contributed by atoms with van der Waals surface area (Å²) in [6.07, 6.45) is -1.04. The summed E-state index contributed by atoms with van der Waals surface area (Å²) in [6.45, 7) is 1.46. The molecule has 0 spiro atoms. The molecule has 0 radical (unpaired) electrons. The van der Waals surface area contributed by atoms with E-state index >= 15 is 0 Å². The molecule has 0 aliphatic rings. The van der Waals surface area contributed by atoms with Crippen LogP contribution in [0.15, 0.2) is 36.4 Å². The maximum Gasteiger partial charge on any atom is 0.315 e. The first kappa shape index (κ1) is 20.4. The van der Waals surface area contributed by atoms with E-state index < -0.39 is 29.8 Å². The van der Waals surface area contributed by atoms with Gasteiger partial charge in [-0.15, -0.1) is 0 Å². The fourth-order valence-electron chi connectivity index (χ4n) is 2.58. The largest absolute Gasteiger partial charge is 0.497 e. The molecular formula is C19H22F2N2O4. The number of nitrogens with one attached hydrogen (secondary N) is 2. The Kier molecular flexibility index (Phi) is 6.95. The van der Waals surface area contributed by atoms with Crippen molar-refractivity contribution in [2.75, 3.05) is 20.8 Å². The lowest BCUT2D eigenvalue weighted by Crippen LogP contribution is -2.39. The van der Waals surface area contributed by atoms with Gasteiger partial charge in [0.15, 0.2) is 0 Å². The summed E-state index contributed by atoms with van der Waals surface area (Å²) in [4.78, 5) is 12.0. The molecule has 0 aliphatic carbocycles. The maximum absolute atomic E-state index is 13.8. The van der Waals surface area contributed by atoms with E-state index in [1.165, 1.54) is 20.3 Å². The minimum Gasteiger partial charge on any atom is -0.497 e. The third-order valence-corrected chi connectivity index (χ3v) is 4.03. The van der Waals surface area contributed by atoms with Gasteiger partial charge in [0.2, 0.25) is 0 Å². The molecule has 2 aromatic rings. The highest BCUT2D eigenvalue weighted by atomic mass is 19.1. The molecule has 2 unspecified atom stereocenters. The molecule has 6 nitrogen and oxygen atoms in total. The number of rotatable bonds is 7. The fraction of sp³-hybridized carbons (Fsp3) is 0.316. The Morgan fingerprint density at radius 3 is 2.48 bits per heavy atom. The van der Waals surface area contributed by atoms with Gasteiger partial charge in [0.1, 0.15) is 29.2 Å². The van der Waals surface area contributed by atoms with Crippen LogP contribution < -0.4 is 20.1 Å². The van der Waals surface area contributed by atoms with E-state index in [-0.39, 0.29) is 12.1 Å². The van der Waals surface area contributed by atoms with Crippen LogP contribution in [0.4, 0.5) is 13.6 Å². The van der Waals surface area contributed by atoms with Crippen molar-refractivity contribution < 1.29 is 28.2 Å². The fourth-order valence-corrected chi connectivity index (χ4v) is 2.58. The van der Waals surface area contributed by atoms with E-state index in [0.29, 0.717) is 17.1 Å². The number of benzene rings is 2. The van der Waals surface area contributed by atoms with Gasteiger partial charge in [-0.05, 0) is 31.2 Å². The molecule has 2 rings (SSSR count). The molecule has 0 aliphatic heterocycles. The number of hydrogen-bond donors (Lipinski definition) is 3. The quantitative estimate of drug-likeness (QED) is 0.690. The number of carbonyl (C=O) groups is 1. The average molecular weight is 380 g/mol. The molecule has 146 valence electrons. The zero-order valence-electron chi connectivity index (χ0n) is 15.3. The van der Waals surface area contributed by atoms with E-state index in [0.717, 1.165) is 12.1 Å². The third-order valence-electron chi connectivity index (χ3n) is 4.03. The summed E-state index contributed by atoms with van der Waals surface area (Å²) in [6, 6.07) is 6.80. The van der Waals surface area contributed by atoms with Crippen LogP contribution in [0.1, 0.15) is 30.2 Å². The standard InChI is InChI=1S/C19H22F2N2O4/c1-11(14-6-4-12(20)8-16(14)21)23-19(25)22-10-17(24)15-9-13(26-2)5-7-18(15)27-3/h4-9,11,17,24H,10H2,1-3H3,(H2,22,23,25). The van der Waals surface area contributed by atoms with E-state index in [1.807, 2.05) is 0 Å². The molecule has 0 bridgehead atoms. The van der Waals surface area contributed by atoms with E-state index in [2.05, 4.69) is 10.6 Å². The Morgan fingerprint density at radius 2 is 1.85 bits per heavy atom. The summed E-state index contributed by atoms with van der Waals surface area (Å²) in [5, 5.41) is 15.4. The molecule has 0 saturated carbocycles. The predicted molar refractivity (Wildman–Crippen MR) is 95.8 cm³/mol. The Balaban J connectivity index is 1.97. The second-order valence-corrected chi connectivity index (χ2v) is 5.87. The molecule has 2 amide bonds. The number of halogens is 2. The number of ether oxygens (including phenoxy) is 2. The van der Waals surface area contributed by atoms with Crippen LogP contribution in [-0.4, -0.2) is 31.9 Å². The Hall–Kier alpha value is -2.87. The van der Waals surface area contributed by atoms with Gasteiger partial charge in [-0.3, -0.25) is 0 Å². The van der Waals surface area contributed by atoms with Crippen LogP contribution in [0.2, 0.25) is 0 Å². The summed E-state index contributed by atoms with van der Waals surface area (Å²) in [5.74, 6) is -0.450. The molecule has 0 heterocycles. The van der Waals surface area contributed by atoms with Crippen molar-refractivity contribution in [3.05, 3.63) is 59.2 Å². The van der Waals surface area contributed by atoms with Gasteiger partial charge in [-0.25, -0.2) is 13.6 Å². The van der Waals surface area contributed by atoms with E-state index in [1.54, 1.807) is 25.1 Å². The summed E-state index contributed by atoms with van der Waals surface area (Å²) < 4.78 is 37.1. The van der Waals surface area contributed by atoms with Crippen molar-refractivity contribution in [3.8, 4) is 11.5 Å². The van der Waals surface area contributed by atoms with Gasteiger partial charge in [-0.2, -0.15) is 0 Å². The van der Waals surface area contributed by atoms with Crippen molar-refractivity contribution in [1.82, 2.24) is 10.6 Å². The monoisotopic (exact) mass is 380 g/mol. The van der Waals surface area contributed by atoms with Crippen molar-refractivity contribution >= 4 is 6.03 Å². The highest BCUT2D eigenvalue weighted by Gasteiger charge is 2.18. The molecule has 27 heavy (non-hydrogen) atoms. The highest BCUT2D eigenvalue weighted by molar-refractivity contribution is 5.74. The summed E-state index contributed by atoms with van der Waals surface area (Å²) in [7, 11) is 2.97.